The van der Waals surface area contributed by atoms with Gasteiger partial charge >= 0.3 is 11.9 Å². The van der Waals surface area contributed by atoms with E-state index in [1.54, 1.807) is 0 Å². The van der Waals surface area contributed by atoms with Gasteiger partial charge in [0.15, 0.2) is 6.10 Å². The number of likely N-dealkylation sites (N-methyl/N-ethyl adjacent to an activating group) is 1. The quantitative estimate of drug-likeness (QED) is 0.0221. The Morgan fingerprint density at radius 2 is 1.11 bits per heavy atom. The monoisotopic (exact) mass is 687 g/mol. The summed E-state index contributed by atoms with van der Waals surface area (Å²) < 4.78 is 33.7. The molecule has 0 aliphatic heterocycles. The van der Waals surface area contributed by atoms with Crippen LogP contribution < -0.4 is 4.89 Å². The SMILES string of the molecule is CCCC/C=C\CCCCCCCC(=O)OC[C@H](COP(=O)([O-])OCC[N+](C)(C)C)OC(=O)CCCCCCC/C=C\CCCCC. The molecule has 10 heteroatoms. The summed E-state index contributed by atoms with van der Waals surface area (Å²) in [6.07, 6.45) is 29.2. The Hall–Kier alpha value is -1.51. The van der Waals surface area contributed by atoms with Gasteiger partial charge in [0.2, 0.25) is 0 Å². The number of nitrogens with zero attached hydrogens (tertiary/aromatic N) is 1. The summed E-state index contributed by atoms with van der Waals surface area (Å²) in [6, 6.07) is 0. The lowest BCUT2D eigenvalue weighted by Crippen LogP contribution is -2.37. The molecule has 0 radical (unpaired) electrons. The molecule has 1 unspecified atom stereocenters. The van der Waals surface area contributed by atoms with Gasteiger partial charge in [-0.05, 0) is 57.8 Å². The summed E-state index contributed by atoms with van der Waals surface area (Å²) in [7, 11) is 1.15. The molecule has 0 aliphatic rings. The summed E-state index contributed by atoms with van der Waals surface area (Å²) in [5.74, 6) is -0.859. The van der Waals surface area contributed by atoms with Crippen molar-refractivity contribution in [2.45, 2.75) is 155 Å². The molecule has 0 aromatic rings. The topological polar surface area (TPSA) is 111 Å². The first-order valence-corrected chi connectivity index (χ1v) is 20.0. The number of unbranched alkanes of at least 4 members (excludes halogenated alkanes) is 15. The Labute approximate surface area is 288 Å². The molecule has 0 aromatic heterocycles. The van der Waals surface area contributed by atoms with Crippen LogP contribution in [0.5, 0.6) is 0 Å². The van der Waals surface area contributed by atoms with E-state index < -0.39 is 32.5 Å². The van der Waals surface area contributed by atoms with Gasteiger partial charge in [-0.25, -0.2) is 0 Å². The molecule has 0 N–H and O–H groups in total. The van der Waals surface area contributed by atoms with Crippen molar-refractivity contribution in [3.8, 4) is 0 Å². The van der Waals surface area contributed by atoms with Gasteiger partial charge in [0, 0.05) is 12.8 Å². The number of quaternary nitrogens is 1. The standard InChI is InChI=1S/C37H70NO8P/c1-6-8-10-12-14-16-18-20-22-24-26-28-30-37(40)46-35(34-45-47(41,42)44-32-31-38(3,4)5)33-43-36(39)29-27-25-23-21-19-17-15-13-11-9-7-2/h13-16,35H,6-12,17-34H2,1-5H3/b15-13-,16-14-/t35-/m1/s1. The van der Waals surface area contributed by atoms with Crippen LogP contribution in [0.25, 0.3) is 0 Å². The maximum Gasteiger partial charge on any atom is 0.306 e. The van der Waals surface area contributed by atoms with Crippen molar-refractivity contribution in [2.75, 3.05) is 47.5 Å². The summed E-state index contributed by atoms with van der Waals surface area (Å²) in [5.41, 5.74) is 0. The van der Waals surface area contributed by atoms with Crippen molar-refractivity contribution in [3.63, 3.8) is 0 Å². The van der Waals surface area contributed by atoms with E-state index >= 15 is 0 Å². The number of esters is 2. The lowest BCUT2D eigenvalue weighted by Gasteiger charge is -2.28. The van der Waals surface area contributed by atoms with Crippen LogP contribution in [0.15, 0.2) is 24.3 Å². The van der Waals surface area contributed by atoms with Crippen LogP contribution in [0, 0.1) is 0 Å². The third-order valence-corrected chi connectivity index (χ3v) is 8.66. The Kier molecular flexibility index (Phi) is 29.6. The van der Waals surface area contributed by atoms with Gasteiger partial charge in [-0.2, -0.15) is 0 Å². The summed E-state index contributed by atoms with van der Waals surface area (Å²) in [4.78, 5) is 37.2. The van der Waals surface area contributed by atoms with Crippen LogP contribution >= 0.6 is 7.82 Å². The van der Waals surface area contributed by atoms with Crippen molar-refractivity contribution in [1.29, 1.82) is 0 Å². The van der Waals surface area contributed by atoms with Crippen LogP contribution in [0.2, 0.25) is 0 Å². The number of phosphoric acid groups is 1. The molecular formula is C37H70NO8P. The zero-order valence-corrected chi connectivity index (χ0v) is 31.6. The summed E-state index contributed by atoms with van der Waals surface area (Å²) >= 11 is 0. The van der Waals surface area contributed by atoms with Gasteiger partial charge in [0.1, 0.15) is 19.8 Å². The third kappa shape index (κ3) is 34.2. The first kappa shape index (κ1) is 45.5. The summed E-state index contributed by atoms with van der Waals surface area (Å²) in [6.45, 7) is 4.12. The van der Waals surface area contributed by atoms with Crippen LogP contribution in [-0.2, 0) is 32.7 Å². The molecule has 0 rings (SSSR count). The number of phosphoric ester groups is 1. The van der Waals surface area contributed by atoms with Gasteiger partial charge < -0.3 is 27.9 Å². The second-order valence-corrected chi connectivity index (χ2v) is 15.0. The number of rotatable bonds is 33. The molecule has 0 bridgehead atoms. The lowest BCUT2D eigenvalue weighted by molar-refractivity contribution is -0.870. The molecule has 0 saturated carbocycles. The number of allylic oxidation sites excluding steroid dienone is 4. The highest BCUT2D eigenvalue weighted by Crippen LogP contribution is 2.38. The second kappa shape index (κ2) is 30.5. The van der Waals surface area contributed by atoms with Crippen LogP contribution in [-0.4, -0.2) is 70.0 Å². The predicted octanol–water partition coefficient (Wildman–Crippen LogP) is 8.99. The Balaban J connectivity index is 4.49. The third-order valence-electron chi connectivity index (χ3n) is 7.69. The van der Waals surface area contributed by atoms with E-state index in [4.69, 9.17) is 18.5 Å². The Morgan fingerprint density at radius 3 is 1.64 bits per heavy atom. The van der Waals surface area contributed by atoms with Crippen LogP contribution in [0.1, 0.15) is 149 Å². The lowest BCUT2D eigenvalue weighted by atomic mass is 10.1. The first-order chi connectivity index (χ1) is 22.5. The normalized spacial score (nSPS) is 14.1. The molecule has 9 nitrogen and oxygen atoms in total. The van der Waals surface area contributed by atoms with Crippen molar-refractivity contribution in [1.82, 2.24) is 0 Å². The maximum atomic E-state index is 12.6. The average Bonchev–Trinajstić information content (AvgIpc) is 3.01. The first-order valence-electron chi connectivity index (χ1n) is 18.5. The fourth-order valence-corrected chi connectivity index (χ4v) is 5.42. The van der Waals surface area contributed by atoms with Gasteiger partial charge in [0.05, 0.1) is 27.7 Å². The second-order valence-electron chi connectivity index (χ2n) is 13.6. The Morgan fingerprint density at radius 1 is 0.638 bits per heavy atom. The largest absolute Gasteiger partial charge is 0.756 e. The minimum absolute atomic E-state index is 0.0331. The molecule has 0 amide bonds. The molecule has 0 spiro atoms. The molecule has 0 heterocycles. The number of carbonyl (C=O) groups is 2. The molecule has 0 aromatic carbocycles. The smallest absolute Gasteiger partial charge is 0.306 e. The van der Waals surface area contributed by atoms with E-state index in [1.165, 1.54) is 32.1 Å². The van der Waals surface area contributed by atoms with Gasteiger partial charge in [-0.3, -0.25) is 14.2 Å². The highest BCUT2D eigenvalue weighted by Gasteiger charge is 2.21. The molecule has 0 aliphatic carbocycles. The van der Waals surface area contributed by atoms with Crippen molar-refractivity contribution < 1.29 is 42.1 Å². The molecule has 0 fully saturated rings. The highest BCUT2D eigenvalue weighted by atomic mass is 31.2. The fraction of sp³-hybridized carbons (Fsp3) is 0.838. The van der Waals surface area contributed by atoms with Crippen molar-refractivity contribution in [2.24, 2.45) is 0 Å². The number of hydrogen-bond acceptors (Lipinski definition) is 8. The van der Waals surface area contributed by atoms with Gasteiger partial charge in [-0.15, -0.1) is 0 Å². The predicted molar refractivity (Wildman–Crippen MR) is 190 cm³/mol. The molecule has 47 heavy (non-hydrogen) atoms. The minimum atomic E-state index is -4.61. The van der Waals surface area contributed by atoms with Crippen molar-refractivity contribution >= 4 is 19.8 Å². The maximum absolute atomic E-state index is 12.6. The zero-order valence-electron chi connectivity index (χ0n) is 30.7. The van der Waals surface area contributed by atoms with E-state index in [0.29, 0.717) is 17.4 Å². The minimum Gasteiger partial charge on any atom is -0.756 e. The molecule has 276 valence electrons. The molecule has 2 atom stereocenters. The number of ether oxygens (including phenoxy) is 2. The van der Waals surface area contributed by atoms with E-state index in [1.807, 2.05) is 21.1 Å². The van der Waals surface area contributed by atoms with E-state index in [0.717, 1.165) is 83.5 Å². The van der Waals surface area contributed by atoms with E-state index in [9.17, 15) is 19.0 Å². The number of hydrogen-bond donors (Lipinski definition) is 0. The van der Waals surface area contributed by atoms with Crippen LogP contribution in [0.3, 0.4) is 0 Å². The average molecular weight is 688 g/mol. The van der Waals surface area contributed by atoms with E-state index in [2.05, 4.69) is 38.2 Å². The van der Waals surface area contributed by atoms with Crippen molar-refractivity contribution in [3.05, 3.63) is 24.3 Å². The summed E-state index contributed by atoms with van der Waals surface area (Å²) in [5, 5.41) is 0. The fourth-order valence-electron chi connectivity index (χ4n) is 4.69. The highest BCUT2D eigenvalue weighted by molar-refractivity contribution is 7.45. The molecular weight excluding hydrogens is 617 g/mol. The number of carbonyl (C=O) groups excluding carboxylic acids is 2. The zero-order chi connectivity index (χ0) is 35.1. The van der Waals surface area contributed by atoms with Gasteiger partial charge in [-0.1, -0.05) is 102 Å². The Bertz CT molecular complexity index is 871. The van der Waals surface area contributed by atoms with Crippen LogP contribution in [0.4, 0.5) is 0 Å². The molecule has 0 saturated heterocycles. The van der Waals surface area contributed by atoms with Gasteiger partial charge in [0.25, 0.3) is 7.82 Å². The van der Waals surface area contributed by atoms with E-state index in [-0.39, 0.29) is 26.1 Å².